The topological polar surface area (TPSA) is 42.7 Å². The first-order chi connectivity index (χ1) is 7.75. The molecule has 2 aromatic rings. The number of aryl methyl sites for hydroxylation is 1. The zero-order valence-corrected chi connectivity index (χ0v) is 10.4. The minimum atomic E-state index is 0.454. The van der Waals surface area contributed by atoms with Crippen LogP contribution in [0.15, 0.2) is 23.8 Å². The van der Waals surface area contributed by atoms with Gasteiger partial charge in [0.2, 0.25) is 0 Å². The van der Waals surface area contributed by atoms with Crippen LogP contribution in [0.5, 0.6) is 0 Å². The molecule has 2 aromatic heterocycles. The standard InChI is InChI=1S/C11H16N4S/c1-9(6-10-4-3-5-16-10)12-7-11-14-13-8-15(11)2/h3-5,8-9,12H,6-7H2,1-2H3. The third kappa shape index (κ3) is 2.90. The van der Waals surface area contributed by atoms with Crippen molar-refractivity contribution in [3.8, 4) is 0 Å². The Morgan fingerprint density at radius 3 is 3.06 bits per heavy atom. The first-order valence-electron chi connectivity index (χ1n) is 5.34. The van der Waals surface area contributed by atoms with Gasteiger partial charge in [0.05, 0.1) is 6.54 Å². The van der Waals surface area contributed by atoms with Crippen LogP contribution in [0.2, 0.25) is 0 Å². The highest BCUT2D eigenvalue weighted by molar-refractivity contribution is 7.09. The highest BCUT2D eigenvalue weighted by Crippen LogP contribution is 2.11. The van der Waals surface area contributed by atoms with Crippen molar-refractivity contribution < 1.29 is 0 Å². The Balaban J connectivity index is 1.80. The molecule has 0 fully saturated rings. The van der Waals surface area contributed by atoms with Crippen molar-refractivity contribution >= 4 is 11.3 Å². The molecule has 86 valence electrons. The minimum absolute atomic E-state index is 0.454. The second kappa shape index (κ2) is 5.23. The normalized spacial score (nSPS) is 12.9. The Bertz CT molecular complexity index is 421. The Morgan fingerprint density at radius 2 is 2.44 bits per heavy atom. The first kappa shape index (κ1) is 11.3. The predicted octanol–water partition coefficient (Wildman–Crippen LogP) is 1.60. The molecule has 0 amide bonds. The molecule has 0 saturated heterocycles. The van der Waals surface area contributed by atoms with E-state index in [4.69, 9.17) is 0 Å². The van der Waals surface area contributed by atoms with Gasteiger partial charge in [-0.05, 0) is 24.8 Å². The lowest BCUT2D eigenvalue weighted by Crippen LogP contribution is -2.28. The van der Waals surface area contributed by atoms with Gasteiger partial charge in [-0.1, -0.05) is 6.07 Å². The van der Waals surface area contributed by atoms with E-state index in [0.29, 0.717) is 6.04 Å². The average molecular weight is 236 g/mol. The number of hydrogen-bond acceptors (Lipinski definition) is 4. The van der Waals surface area contributed by atoms with Gasteiger partial charge < -0.3 is 9.88 Å². The molecule has 16 heavy (non-hydrogen) atoms. The molecule has 0 radical (unpaired) electrons. The van der Waals surface area contributed by atoms with E-state index in [1.165, 1.54) is 4.88 Å². The number of nitrogens with one attached hydrogen (secondary N) is 1. The van der Waals surface area contributed by atoms with Crippen LogP contribution in [0.25, 0.3) is 0 Å². The zero-order chi connectivity index (χ0) is 11.4. The van der Waals surface area contributed by atoms with Crippen LogP contribution in [0.3, 0.4) is 0 Å². The number of hydrogen-bond donors (Lipinski definition) is 1. The molecule has 0 spiro atoms. The molecule has 1 atom stereocenters. The van der Waals surface area contributed by atoms with Gasteiger partial charge in [0, 0.05) is 18.0 Å². The molecule has 5 heteroatoms. The van der Waals surface area contributed by atoms with Crippen LogP contribution in [0.4, 0.5) is 0 Å². The van der Waals surface area contributed by atoms with Gasteiger partial charge in [-0.3, -0.25) is 0 Å². The summed E-state index contributed by atoms with van der Waals surface area (Å²) in [6.45, 7) is 2.96. The predicted molar refractivity (Wildman–Crippen MR) is 65.3 cm³/mol. The minimum Gasteiger partial charge on any atom is -0.320 e. The Labute approximate surface area is 99.3 Å². The smallest absolute Gasteiger partial charge is 0.146 e. The van der Waals surface area contributed by atoms with Gasteiger partial charge in [0.1, 0.15) is 12.2 Å². The summed E-state index contributed by atoms with van der Waals surface area (Å²) in [4.78, 5) is 1.41. The molecule has 0 aliphatic heterocycles. The number of aromatic nitrogens is 3. The molecule has 4 nitrogen and oxygen atoms in total. The van der Waals surface area contributed by atoms with Crippen molar-refractivity contribution in [3.63, 3.8) is 0 Å². The van der Waals surface area contributed by atoms with Crippen molar-refractivity contribution in [1.29, 1.82) is 0 Å². The van der Waals surface area contributed by atoms with Crippen LogP contribution in [0, 0.1) is 0 Å². The molecule has 0 aromatic carbocycles. The van der Waals surface area contributed by atoms with Gasteiger partial charge in [-0.2, -0.15) is 0 Å². The molecule has 0 aliphatic carbocycles. The Morgan fingerprint density at radius 1 is 1.56 bits per heavy atom. The fourth-order valence-corrected chi connectivity index (χ4v) is 2.37. The van der Waals surface area contributed by atoms with Gasteiger partial charge in [0.25, 0.3) is 0 Å². The van der Waals surface area contributed by atoms with Gasteiger partial charge in [-0.25, -0.2) is 0 Å². The fraction of sp³-hybridized carbons (Fsp3) is 0.455. The van der Waals surface area contributed by atoms with Gasteiger partial charge in [-0.15, -0.1) is 21.5 Å². The number of rotatable bonds is 5. The SMILES string of the molecule is CC(Cc1cccs1)NCc1nncn1C. The van der Waals surface area contributed by atoms with E-state index in [-0.39, 0.29) is 0 Å². The summed E-state index contributed by atoms with van der Waals surface area (Å²) < 4.78 is 1.94. The summed E-state index contributed by atoms with van der Waals surface area (Å²) in [6, 6.07) is 4.72. The average Bonchev–Trinajstić information content (AvgIpc) is 2.87. The maximum absolute atomic E-state index is 4.04. The van der Waals surface area contributed by atoms with Crippen LogP contribution < -0.4 is 5.32 Å². The molecular formula is C11H16N4S. The maximum atomic E-state index is 4.04. The summed E-state index contributed by atoms with van der Waals surface area (Å²) in [5.41, 5.74) is 0. The monoisotopic (exact) mass is 236 g/mol. The number of thiophene rings is 1. The molecule has 1 N–H and O–H groups in total. The van der Waals surface area contributed by atoms with E-state index in [9.17, 15) is 0 Å². The Hall–Kier alpha value is -1.20. The molecule has 2 rings (SSSR count). The highest BCUT2D eigenvalue weighted by atomic mass is 32.1. The van der Waals surface area contributed by atoms with Gasteiger partial charge in [0.15, 0.2) is 0 Å². The molecule has 0 bridgehead atoms. The summed E-state index contributed by atoms with van der Waals surface area (Å²) >= 11 is 1.80. The molecule has 2 heterocycles. The van der Waals surface area contributed by atoms with Crippen LogP contribution >= 0.6 is 11.3 Å². The van der Waals surface area contributed by atoms with E-state index >= 15 is 0 Å². The largest absolute Gasteiger partial charge is 0.320 e. The molecule has 0 saturated carbocycles. The van der Waals surface area contributed by atoms with Crippen LogP contribution in [-0.4, -0.2) is 20.8 Å². The zero-order valence-electron chi connectivity index (χ0n) is 9.55. The first-order valence-corrected chi connectivity index (χ1v) is 6.22. The van der Waals surface area contributed by atoms with Crippen molar-refractivity contribution in [2.75, 3.05) is 0 Å². The maximum Gasteiger partial charge on any atom is 0.146 e. The van der Waals surface area contributed by atoms with E-state index < -0.39 is 0 Å². The molecule has 0 aliphatic rings. The third-order valence-electron chi connectivity index (χ3n) is 2.50. The lowest BCUT2D eigenvalue weighted by Gasteiger charge is -2.11. The lowest BCUT2D eigenvalue weighted by atomic mass is 10.2. The van der Waals surface area contributed by atoms with Crippen molar-refractivity contribution in [1.82, 2.24) is 20.1 Å². The van der Waals surface area contributed by atoms with Crippen molar-refractivity contribution in [2.24, 2.45) is 7.05 Å². The quantitative estimate of drug-likeness (QED) is 0.857. The molecule has 1 unspecified atom stereocenters. The summed E-state index contributed by atoms with van der Waals surface area (Å²) in [5, 5.41) is 13.5. The van der Waals surface area contributed by atoms with E-state index in [2.05, 4.69) is 40.0 Å². The molecular weight excluding hydrogens is 220 g/mol. The Kier molecular flexibility index (Phi) is 3.69. The second-order valence-corrected chi connectivity index (χ2v) is 4.96. The van der Waals surface area contributed by atoms with Gasteiger partial charge >= 0.3 is 0 Å². The van der Waals surface area contributed by atoms with Crippen LogP contribution in [-0.2, 0) is 20.0 Å². The summed E-state index contributed by atoms with van der Waals surface area (Å²) in [6.07, 6.45) is 2.79. The van der Waals surface area contributed by atoms with Crippen molar-refractivity contribution in [3.05, 3.63) is 34.5 Å². The highest BCUT2D eigenvalue weighted by Gasteiger charge is 2.06. The third-order valence-corrected chi connectivity index (χ3v) is 3.40. The van der Waals surface area contributed by atoms with Crippen LogP contribution in [0.1, 0.15) is 17.6 Å². The van der Waals surface area contributed by atoms with E-state index in [1.807, 2.05) is 11.6 Å². The second-order valence-electron chi connectivity index (χ2n) is 3.92. The number of nitrogens with zero attached hydrogens (tertiary/aromatic N) is 3. The van der Waals surface area contributed by atoms with E-state index in [1.54, 1.807) is 17.7 Å². The lowest BCUT2D eigenvalue weighted by molar-refractivity contribution is 0.527. The summed E-state index contributed by atoms with van der Waals surface area (Å²) in [7, 11) is 1.96. The summed E-state index contributed by atoms with van der Waals surface area (Å²) in [5.74, 6) is 0.970. The van der Waals surface area contributed by atoms with Crippen molar-refractivity contribution in [2.45, 2.75) is 25.9 Å². The van der Waals surface area contributed by atoms with E-state index in [0.717, 1.165) is 18.8 Å². The fourth-order valence-electron chi connectivity index (χ4n) is 1.54.